The number of aromatic hydroxyl groups is 1. The summed E-state index contributed by atoms with van der Waals surface area (Å²) < 4.78 is 12.3. The highest BCUT2D eigenvalue weighted by Gasteiger charge is 2.31. The first-order valence-electron chi connectivity index (χ1n) is 9.83. The third-order valence-corrected chi connectivity index (χ3v) is 6.57. The van der Waals surface area contributed by atoms with Gasteiger partial charge in [0.25, 0.3) is 0 Å². The highest BCUT2D eigenvalue weighted by atomic mass is 32.1. The number of fused-ring (bicyclic) bond motifs is 1. The van der Waals surface area contributed by atoms with E-state index in [-0.39, 0.29) is 11.9 Å². The molecule has 1 saturated heterocycles. The third kappa shape index (κ3) is 3.34. The number of rotatable bonds is 5. The van der Waals surface area contributed by atoms with Gasteiger partial charge in [-0.25, -0.2) is 0 Å². The summed E-state index contributed by atoms with van der Waals surface area (Å²) in [5.41, 5.74) is 1.07. The fourth-order valence-corrected chi connectivity index (χ4v) is 4.98. The van der Waals surface area contributed by atoms with E-state index < -0.39 is 0 Å². The van der Waals surface area contributed by atoms with Crippen LogP contribution in [0.2, 0.25) is 0 Å². The quantitative estimate of drug-likeness (QED) is 0.526. The van der Waals surface area contributed by atoms with Gasteiger partial charge in [-0.05, 0) is 36.9 Å². The number of likely N-dealkylation sites (N-methyl/N-ethyl adjacent to an activating group) is 1. The number of methoxy groups -OCH3 is 1. The van der Waals surface area contributed by atoms with Gasteiger partial charge in [0.15, 0.2) is 5.76 Å². The molecule has 0 bridgehead atoms. The van der Waals surface area contributed by atoms with E-state index in [1.165, 1.54) is 15.9 Å². The molecule has 0 radical (unpaired) electrons. The van der Waals surface area contributed by atoms with Crippen LogP contribution in [0.4, 0.5) is 0 Å². The normalized spacial score (nSPS) is 16.9. The molecule has 9 heteroatoms. The van der Waals surface area contributed by atoms with Gasteiger partial charge in [-0.3, -0.25) is 4.90 Å². The Morgan fingerprint density at radius 3 is 2.70 bits per heavy atom. The van der Waals surface area contributed by atoms with Crippen LogP contribution < -0.4 is 4.74 Å². The van der Waals surface area contributed by atoms with Gasteiger partial charge in [-0.2, -0.15) is 9.50 Å². The van der Waals surface area contributed by atoms with Crippen LogP contribution >= 0.6 is 11.3 Å². The second-order valence-corrected chi connectivity index (χ2v) is 8.42. The fraction of sp³-hybridized carbons (Fsp3) is 0.333. The molecule has 8 nitrogen and oxygen atoms in total. The molecule has 0 spiro atoms. The molecular formula is C21H23N5O3S. The minimum atomic E-state index is -0.102. The van der Waals surface area contributed by atoms with Crippen molar-refractivity contribution in [3.63, 3.8) is 0 Å². The number of thiazole rings is 1. The predicted molar refractivity (Wildman–Crippen MR) is 114 cm³/mol. The van der Waals surface area contributed by atoms with Crippen molar-refractivity contribution in [2.24, 2.45) is 0 Å². The minimum absolute atomic E-state index is 0.102. The van der Waals surface area contributed by atoms with Crippen molar-refractivity contribution in [3.05, 3.63) is 53.1 Å². The Morgan fingerprint density at radius 2 is 2.00 bits per heavy atom. The number of ether oxygens (including phenoxy) is 1. The van der Waals surface area contributed by atoms with Gasteiger partial charge in [0.1, 0.15) is 5.75 Å². The molecule has 1 aliphatic rings. The second-order valence-electron chi connectivity index (χ2n) is 7.42. The largest absolute Gasteiger partial charge is 0.497 e. The fourth-order valence-electron chi connectivity index (χ4n) is 3.86. The Morgan fingerprint density at radius 1 is 1.17 bits per heavy atom. The molecule has 1 N–H and O–H groups in total. The van der Waals surface area contributed by atoms with Crippen molar-refractivity contribution in [2.75, 3.05) is 40.3 Å². The third-order valence-electron chi connectivity index (χ3n) is 5.50. The van der Waals surface area contributed by atoms with E-state index in [9.17, 15) is 5.11 Å². The van der Waals surface area contributed by atoms with Crippen LogP contribution in [0.3, 0.4) is 0 Å². The Balaban J connectivity index is 1.58. The van der Waals surface area contributed by atoms with Crippen molar-refractivity contribution < 1.29 is 14.3 Å². The van der Waals surface area contributed by atoms with E-state index in [0.717, 1.165) is 42.4 Å². The molecule has 1 atom stereocenters. The number of nitrogens with zero attached hydrogens (tertiary/aromatic N) is 5. The summed E-state index contributed by atoms with van der Waals surface area (Å²) in [5, 5.41) is 15.6. The molecule has 5 rings (SSSR count). The molecule has 30 heavy (non-hydrogen) atoms. The summed E-state index contributed by atoms with van der Waals surface area (Å²) in [6.07, 6.45) is 1.59. The lowest BCUT2D eigenvalue weighted by Crippen LogP contribution is -2.46. The first kappa shape index (κ1) is 19.1. The highest BCUT2D eigenvalue weighted by molar-refractivity contribution is 7.17. The van der Waals surface area contributed by atoms with Crippen molar-refractivity contribution >= 4 is 16.3 Å². The summed E-state index contributed by atoms with van der Waals surface area (Å²) in [6.45, 7) is 3.77. The average Bonchev–Trinajstić information content (AvgIpc) is 3.49. The summed E-state index contributed by atoms with van der Waals surface area (Å²) in [5.74, 6) is 1.96. The van der Waals surface area contributed by atoms with Crippen molar-refractivity contribution in [1.29, 1.82) is 0 Å². The zero-order valence-corrected chi connectivity index (χ0v) is 17.7. The van der Waals surface area contributed by atoms with E-state index in [4.69, 9.17) is 9.15 Å². The number of hydrogen-bond acceptors (Lipinski definition) is 8. The zero-order chi connectivity index (χ0) is 20.7. The van der Waals surface area contributed by atoms with Crippen LogP contribution in [-0.2, 0) is 0 Å². The zero-order valence-electron chi connectivity index (χ0n) is 16.9. The molecule has 1 aliphatic heterocycles. The molecule has 1 unspecified atom stereocenters. The molecule has 0 amide bonds. The highest BCUT2D eigenvalue weighted by Crippen LogP contribution is 2.41. The van der Waals surface area contributed by atoms with Gasteiger partial charge in [0.05, 0.1) is 24.3 Å². The first-order valence-corrected chi connectivity index (χ1v) is 10.6. The van der Waals surface area contributed by atoms with E-state index in [1.54, 1.807) is 25.5 Å². The molecule has 0 aliphatic carbocycles. The van der Waals surface area contributed by atoms with E-state index in [1.807, 2.05) is 18.2 Å². The number of aromatic nitrogens is 3. The van der Waals surface area contributed by atoms with Gasteiger partial charge >= 0.3 is 0 Å². The number of hydrogen-bond donors (Lipinski definition) is 1. The van der Waals surface area contributed by atoms with Crippen LogP contribution in [0, 0.1) is 0 Å². The Hall–Kier alpha value is -2.88. The summed E-state index contributed by atoms with van der Waals surface area (Å²) in [7, 11) is 3.80. The number of furan rings is 1. The lowest BCUT2D eigenvalue weighted by molar-refractivity contribution is 0.127. The van der Waals surface area contributed by atoms with Crippen LogP contribution in [-0.4, -0.2) is 69.8 Å². The van der Waals surface area contributed by atoms with Gasteiger partial charge in [0.2, 0.25) is 16.7 Å². The van der Waals surface area contributed by atoms with Crippen molar-refractivity contribution in [3.8, 4) is 23.2 Å². The lowest BCUT2D eigenvalue weighted by Gasteiger charge is -2.37. The smallest absolute Gasteiger partial charge is 0.230 e. The second kappa shape index (κ2) is 7.75. The molecule has 0 saturated carbocycles. The Labute approximate surface area is 177 Å². The van der Waals surface area contributed by atoms with Crippen LogP contribution in [0.1, 0.15) is 16.5 Å². The molecule has 1 fully saturated rings. The van der Waals surface area contributed by atoms with Crippen molar-refractivity contribution in [2.45, 2.75) is 6.04 Å². The maximum absolute atomic E-state index is 11.1. The topological polar surface area (TPSA) is 79.3 Å². The molecule has 4 aromatic rings. The summed E-state index contributed by atoms with van der Waals surface area (Å²) >= 11 is 1.45. The predicted octanol–water partition coefficient (Wildman–Crippen LogP) is 3.10. The molecule has 3 aromatic heterocycles. The van der Waals surface area contributed by atoms with Crippen LogP contribution in [0.5, 0.6) is 11.6 Å². The Bertz CT molecular complexity index is 1150. The maximum Gasteiger partial charge on any atom is 0.230 e. The van der Waals surface area contributed by atoms with Gasteiger partial charge in [0, 0.05) is 26.2 Å². The van der Waals surface area contributed by atoms with E-state index in [0.29, 0.717) is 16.5 Å². The van der Waals surface area contributed by atoms with Crippen LogP contribution in [0.25, 0.3) is 16.5 Å². The summed E-state index contributed by atoms with van der Waals surface area (Å²) in [4.78, 5) is 10.7. The van der Waals surface area contributed by atoms with Gasteiger partial charge in [-0.15, -0.1) is 5.10 Å². The molecular weight excluding hydrogens is 402 g/mol. The van der Waals surface area contributed by atoms with Gasteiger partial charge in [-0.1, -0.05) is 23.5 Å². The minimum Gasteiger partial charge on any atom is -0.497 e. The summed E-state index contributed by atoms with van der Waals surface area (Å²) in [6, 6.07) is 11.5. The number of piperazine rings is 1. The maximum atomic E-state index is 11.1. The molecule has 4 heterocycles. The molecule has 1 aromatic carbocycles. The van der Waals surface area contributed by atoms with Crippen molar-refractivity contribution in [1.82, 2.24) is 24.4 Å². The van der Waals surface area contributed by atoms with Crippen LogP contribution in [0.15, 0.2) is 47.1 Å². The number of benzene rings is 1. The molecule has 156 valence electrons. The Kier molecular flexibility index (Phi) is 4.93. The first-order chi connectivity index (χ1) is 14.6. The lowest BCUT2D eigenvalue weighted by atomic mass is 10.0. The average molecular weight is 426 g/mol. The monoisotopic (exact) mass is 425 g/mol. The standard InChI is InChI=1S/C21H23N5O3S/c1-24-8-10-25(11-9-24)17(14-5-3-6-15(13-14)28-2)18-20(27)26-21(30-18)22-19(23-26)16-7-4-12-29-16/h3-7,12-13,17,27H,8-11H2,1-2H3. The van der Waals surface area contributed by atoms with Gasteiger partial charge < -0.3 is 19.2 Å². The SMILES string of the molecule is COc1cccc(C(c2sc3nc(-c4ccco4)nn3c2O)N2CCN(C)CC2)c1. The van der Waals surface area contributed by atoms with E-state index >= 15 is 0 Å². The van der Waals surface area contributed by atoms with E-state index in [2.05, 4.69) is 33.0 Å².